The molecule has 8 heteroatoms. The molecule has 0 aliphatic carbocycles. The molecule has 3 heterocycles. The van der Waals surface area contributed by atoms with Gasteiger partial charge in [-0.05, 0) is 31.5 Å². The van der Waals surface area contributed by atoms with E-state index in [4.69, 9.17) is 4.74 Å². The van der Waals surface area contributed by atoms with Crippen LogP contribution in [0.2, 0.25) is 0 Å². The second-order valence-electron chi connectivity index (χ2n) is 7.43. The van der Waals surface area contributed by atoms with E-state index in [9.17, 15) is 14.0 Å². The summed E-state index contributed by atoms with van der Waals surface area (Å²) in [5.74, 6) is -0.717. The van der Waals surface area contributed by atoms with Gasteiger partial charge in [-0.2, -0.15) is 5.10 Å². The van der Waals surface area contributed by atoms with Gasteiger partial charge >= 0.3 is 0 Å². The first kappa shape index (κ1) is 18.6. The van der Waals surface area contributed by atoms with Gasteiger partial charge in [0.05, 0.1) is 17.9 Å². The fourth-order valence-electron chi connectivity index (χ4n) is 3.91. The molecule has 0 unspecified atom stereocenters. The molecule has 4 rings (SSSR count). The van der Waals surface area contributed by atoms with Crippen LogP contribution in [0.5, 0.6) is 0 Å². The minimum atomic E-state index is -0.325. The van der Waals surface area contributed by atoms with Crippen LogP contribution in [0.15, 0.2) is 24.3 Å². The van der Waals surface area contributed by atoms with E-state index >= 15 is 0 Å². The molecule has 0 bridgehead atoms. The monoisotopic (exact) mass is 386 g/mol. The molecule has 7 nitrogen and oxygen atoms in total. The first-order chi connectivity index (χ1) is 13.4. The molecule has 28 heavy (non-hydrogen) atoms. The van der Waals surface area contributed by atoms with Crippen molar-refractivity contribution < 1.29 is 18.7 Å². The number of benzene rings is 1. The van der Waals surface area contributed by atoms with E-state index in [0.717, 1.165) is 16.8 Å². The Morgan fingerprint density at radius 2 is 2.18 bits per heavy atom. The van der Waals surface area contributed by atoms with Crippen LogP contribution >= 0.6 is 0 Å². The number of hydrogen-bond donors (Lipinski definition) is 1. The summed E-state index contributed by atoms with van der Waals surface area (Å²) < 4.78 is 19.1. The second kappa shape index (κ2) is 7.35. The van der Waals surface area contributed by atoms with Crippen LogP contribution in [0.25, 0.3) is 0 Å². The Morgan fingerprint density at radius 1 is 1.36 bits per heavy atom. The highest BCUT2D eigenvalue weighted by atomic mass is 19.1. The standard InChI is InChI=1S/C20H23FN4O3/c1-12-8-16-18(13(2)28-12)22-23-19(16)20(27)25-7-6-24(17(26)11-25)10-14-4-3-5-15(21)9-14/h3-5,9,12-13H,6-8,10-11H2,1-2H3,(H,22,23)/t12-,13+/m1/s1. The van der Waals surface area contributed by atoms with Crippen molar-refractivity contribution in [2.24, 2.45) is 0 Å². The fourth-order valence-corrected chi connectivity index (χ4v) is 3.91. The Labute approximate surface area is 162 Å². The maximum atomic E-state index is 13.4. The van der Waals surface area contributed by atoms with Crippen molar-refractivity contribution in [3.63, 3.8) is 0 Å². The van der Waals surface area contributed by atoms with Crippen molar-refractivity contribution in [3.05, 3.63) is 52.6 Å². The van der Waals surface area contributed by atoms with Gasteiger partial charge in [0.1, 0.15) is 12.4 Å². The number of aromatic amines is 1. The van der Waals surface area contributed by atoms with Gasteiger partial charge in [0.2, 0.25) is 5.91 Å². The van der Waals surface area contributed by atoms with Crippen LogP contribution in [0.4, 0.5) is 4.39 Å². The van der Waals surface area contributed by atoms with Crippen LogP contribution in [0.1, 0.15) is 47.3 Å². The molecule has 1 saturated heterocycles. The Balaban J connectivity index is 1.45. The van der Waals surface area contributed by atoms with Gasteiger partial charge in [-0.25, -0.2) is 4.39 Å². The number of piperazine rings is 1. The van der Waals surface area contributed by atoms with E-state index in [2.05, 4.69) is 10.2 Å². The Bertz CT molecular complexity index is 913. The van der Waals surface area contributed by atoms with Gasteiger partial charge in [-0.3, -0.25) is 14.7 Å². The molecule has 2 atom stereocenters. The number of aromatic nitrogens is 2. The predicted octanol–water partition coefficient (Wildman–Crippen LogP) is 2.06. The lowest BCUT2D eigenvalue weighted by Crippen LogP contribution is -2.52. The summed E-state index contributed by atoms with van der Waals surface area (Å²) in [4.78, 5) is 28.7. The molecule has 0 spiro atoms. The molecular formula is C20H23FN4O3. The van der Waals surface area contributed by atoms with Crippen molar-refractivity contribution in [2.75, 3.05) is 19.6 Å². The number of nitrogens with one attached hydrogen (secondary N) is 1. The Kier molecular flexibility index (Phi) is 4.89. The van der Waals surface area contributed by atoms with Gasteiger partial charge in [-0.15, -0.1) is 0 Å². The molecule has 0 radical (unpaired) electrons. The largest absolute Gasteiger partial charge is 0.369 e. The van der Waals surface area contributed by atoms with E-state index in [0.29, 0.717) is 31.7 Å². The number of H-pyrrole nitrogens is 1. The Morgan fingerprint density at radius 3 is 2.93 bits per heavy atom. The zero-order valence-electron chi connectivity index (χ0n) is 15.9. The van der Waals surface area contributed by atoms with Crippen molar-refractivity contribution in [2.45, 2.75) is 39.0 Å². The van der Waals surface area contributed by atoms with E-state index < -0.39 is 0 Å². The lowest BCUT2D eigenvalue weighted by Gasteiger charge is -2.34. The van der Waals surface area contributed by atoms with E-state index in [1.54, 1.807) is 17.0 Å². The van der Waals surface area contributed by atoms with Crippen molar-refractivity contribution in [3.8, 4) is 0 Å². The molecular weight excluding hydrogens is 363 g/mol. The van der Waals surface area contributed by atoms with Crippen molar-refractivity contribution in [1.82, 2.24) is 20.0 Å². The highest BCUT2D eigenvalue weighted by Crippen LogP contribution is 2.30. The first-order valence-electron chi connectivity index (χ1n) is 9.46. The van der Waals surface area contributed by atoms with Crippen LogP contribution in [-0.4, -0.2) is 57.5 Å². The maximum Gasteiger partial charge on any atom is 0.275 e. The van der Waals surface area contributed by atoms with E-state index in [1.165, 1.54) is 17.0 Å². The zero-order chi connectivity index (χ0) is 19.8. The summed E-state index contributed by atoms with van der Waals surface area (Å²) in [6.45, 7) is 5.05. The van der Waals surface area contributed by atoms with Crippen molar-refractivity contribution >= 4 is 11.8 Å². The molecule has 1 N–H and O–H groups in total. The number of fused-ring (bicyclic) bond motifs is 1. The maximum absolute atomic E-state index is 13.4. The number of rotatable bonds is 3. The summed E-state index contributed by atoms with van der Waals surface area (Å²) >= 11 is 0. The van der Waals surface area contributed by atoms with Crippen LogP contribution in [0.3, 0.4) is 0 Å². The molecule has 2 amide bonds. The predicted molar refractivity (Wildman–Crippen MR) is 99.0 cm³/mol. The van der Waals surface area contributed by atoms with Gasteiger partial charge in [-0.1, -0.05) is 12.1 Å². The summed E-state index contributed by atoms with van der Waals surface area (Å²) in [6, 6.07) is 6.21. The number of carbonyl (C=O) groups excluding carboxylic acids is 2. The quantitative estimate of drug-likeness (QED) is 0.876. The summed E-state index contributed by atoms with van der Waals surface area (Å²) in [7, 11) is 0. The molecule has 148 valence electrons. The SMILES string of the molecule is C[C@@H]1Cc2c(C(=O)N3CCN(Cc4cccc(F)c4)C(=O)C3)n[nH]c2[C@H](C)O1. The number of ether oxygens (including phenoxy) is 1. The first-order valence-corrected chi connectivity index (χ1v) is 9.46. The summed E-state index contributed by atoms with van der Waals surface area (Å²) in [5, 5.41) is 7.14. The second-order valence-corrected chi connectivity index (χ2v) is 7.43. The van der Waals surface area contributed by atoms with Crippen molar-refractivity contribution in [1.29, 1.82) is 0 Å². The summed E-state index contributed by atoms with van der Waals surface area (Å²) in [5.41, 5.74) is 2.82. The number of halogens is 1. The number of carbonyl (C=O) groups is 2. The number of hydrogen-bond acceptors (Lipinski definition) is 4. The van der Waals surface area contributed by atoms with E-state index in [-0.39, 0.29) is 36.4 Å². The highest BCUT2D eigenvalue weighted by Gasteiger charge is 2.34. The van der Waals surface area contributed by atoms with Gasteiger partial charge < -0.3 is 14.5 Å². The minimum absolute atomic E-state index is 0.00259. The van der Waals surface area contributed by atoms with Crippen LogP contribution < -0.4 is 0 Å². The zero-order valence-corrected chi connectivity index (χ0v) is 15.9. The molecule has 0 saturated carbocycles. The topological polar surface area (TPSA) is 78.5 Å². The molecule has 2 aromatic rings. The normalized spacial score (nSPS) is 22.3. The Hall–Kier alpha value is -2.74. The molecule has 1 aromatic heterocycles. The molecule has 2 aliphatic heterocycles. The molecule has 1 aromatic carbocycles. The molecule has 1 fully saturated rings. The third kappa shape index (κ3) is 3.52. The minimum Gasteiger partial charge on any atom is -0.369 e. The van der Waals surface area contributed by atoms with Gasteiger partial charge in [0.25, 0.3) is 5.91 Å². The van der Waals surface area contributed by atoms with Crippen LogP contribution in [0, 0.1) is 5.82 Å². The third-order valence-electron chi connectivity index (χ3n) is 5.30. The lowest BCUT2D eigenvalue weighted by molar-refractivity contribution is -0.135. The lowest BCUT2D eigenvalue weighted by atomic mass is 9.99. The average molecular weight is 386 g/mol. The average Bonchev–Trinajstić information content (AvgIpc) is 3.07. The highest BCUT2D eigenvalue weighted by molar-refractivity contribution is 5.97. The van der Waals surface area contributed by atoms with Gasteiger partial charge in [0, 0.05) is 31.6 Å². The fraction of sp³-hybridized carbons (Fsp3) is 0.450. The number of nitrogens with zero attached hydrogens (tertiary/aromatic N) is 3. The van der Waals surface area contributed by atoms with Gasteiger partial charge in [0.15, 0.2) is 5.69 Å². The van der Waals surface area contributed by atoms with Crippen LogP contribution in [-0.2, 0) is 22.5 Å². The smallest absolute Gasteiger partial charge is 0.275 e. The third-order valence-corrected chi connectivity index (χ3v) is 5.30. The van der Waals surface area contributed by atoms with E-state index in [1.807, 2.05) is 13.8 Å². The molecule has 2 aliphatic rings. The number of amides is 2. The summed E-state index contributed by atoms with van der Waals surface area (Å²) in [6.07, 6.45) is 0.485.